The molecule has 0 fully saturated rings. The molecule has 1 rings (SSSR count). The third-order valence-corrected chi connectivity index (χ3v) is 3.90. The van der Waals surface area contributed by atoms with Crippen LogP contribution in [0.2, 0.25) is 0 Å². The molecule has 0 aliphatic carbocycles. The van der Waals surface area contributed by atoms with Crippen LogP contribution in [0.15, 0.2) is 24.4 Å². The first kappa shape index (κ1) is 15.6. The second-order valence-corrected chi connectivity index (χ2v) is 4.92. The zero-order valence-corrected chi connectivity index (χ0v) is 12.3. The van der Waals surface area contributed by atoms with E-state index in [1.165, 1.54) is 0 Å². The van der Waals surface area contributed by atoms with Crippen LogP contribution in [0.3, 0.4) is 0 Å². The number of hydrogen-bond acceptors (Lipinski definition) is 3. The summed E-state index contributed by atoms with van der Waals surface area (Å²) < 4.78 is 0. The summed E-state index contributed by atoms with van der Waals surface area (Å²) >= 11 is 5.05. The van der Waals surface area contributed by atoms with E-state index < -0.39 is 5.41 Å². The van der Waals surface area contributed by atoms with Gasteiger partial charge in [0, 0.05) is 24.9 Å². The number of rotatable bonds is 7. The van der Waals surface area contributed by atoms with Crippen molar-refractivity contribution in [2.45, 2.75) is 33.1 Å². The predicted octanol–water partition coefficient (Wildman–Crippen LogP) is 1.83. The minimum atomic E-state index is -0.723. The van der Waals surface area contributed by atoms with Crippen molar-refractivity contribution >= 4 is 23.1 Å². The van der Waals surface area contributed by atoms with Crippen molar-refractivity contribution in [3.05, 3.63) is 30.1 Å². The Bertz CT molecular complexity index is 430. The van der Waals surface area contributed by atoms with E-state index in [2.05, 4.69) is 10.3 Å². The molecule has 5 heteroatoms. The van der Waals surface area contributed by atoms with Gasteiger partial charge < -0.3 is 11.1 Å². The van der Waals surface area contributed by atoms with Crippen LogP contribution in [0.25, 0.3) is 0 Å². The molecular weight excluding hydrogens is 258 g/mol. The lowest BCUT2D eigenvalue weighted by Gasteiger charge is -2.28. The van der Waals surface area contributed by atoms with Crippen LogP contribution >= 0.6 is 12.2 Å². The zero-order chi connectivity index (χ0) is 14.3. The number of pyridine rings is 1. The van der Waals surface area contributed by atoms with Gasteiger partial charge in [0.2, 0.25) is 5.91 Å². The maximum Gasteiger partial charge on any atom is 0.233 e. The largest absolute Gasteiger partial charge is 0.392 e. The van der Waals surface area contributed by atoms with E-state index in [0.29, 0.717) is 25.8 Å². The summed E-state index contributed by atoms with van der Waals surface area (Å²) in [6, 6.07) is 5.74. The van der Waals surface area contributed by atoms with Gasteiger partial charge in [-0.05, 0) is 25.0 Å². The molecule has 0 aliphatic rings. The van der Waals surface area contributed by atoms with E-state index in [4.69, 9.17) is 18.0 Å². The predicted molar refractivity (Wildman–Crippen MR) is 80.8 cm³/mol. The van der Waals surface area contributed by atoms with Gasteiger partial charge in [-0.15, -0.1) is 0 Å². The van der Waals surface area contributed by atoms with E-state index >= 15 is 0 Å². The lowest BCUT2D eigenvalue weighted by Crippen LogP contribution is -2.48. The monoisotopic (exact) mass is 279 g/mol. The van der Waals surface area contributed by atoms with Crippen molar-refractivity contribution in [3.8, 4) is 0 Å². The molecule has 1 aromatic heterocycles. The molecule has 0 spiro atoms. The highest BCUT2D eigenvalue weighted by Crippen LogP contribution is 2.27. The molecule has 1 amide bonds. The smallest absolute Gasteiger partial charge is 0.233 e. The highest BCUT2D eigenvalue weighted by atomic mass is 32.1. The van der Waals surface area contributed by atoms with Crippen molar-refractivity contribution in [2.75, 3.05) is 6.54 Å². The molecule has 0 radical (unpaired) electrons. The number of carbonyl (C=O) groups is 1. The summed E-state index contributed by atoms with van der Waals surface area (Å²) in [7, 11) is 0. The van der Waals surface area contributed by atoms with Crippen LogP contribution in [-0.4, -0.2) is 22.4 Å². The molecule has 104 valence electrons. The zero-order valence-electron chi connectivity index (χ0n) is 11.5. The number of nitrogens with zero attached hydrogens (tertiary/aromatic N) is 1. The number of hydrogen-bond donors (Lipinski definition) is 2. The Labute approximate surface area is 119 Å². The molecule has 19 heavy (non-hydrogen) atoms. The Kier molecular flexibility index (Phi) is 5.89. The van der Waals surface area contributed by atoms with Gasteiger partial charge in [0.15, 0.2) is 0 Å². The normalized spacial score (nSPS) is 11.1. The Morgan fingerprint density at radius 2 is 2.11 bits per heavy atom. The molecule has 0 aromatic carbocycles. The fourth-order valence-corrected chi connectivity index (χ4v) is 2.43. The third kappa shape index (κ3) is 3.73. The van der Waals surface area contributed by atoms with Crippen molar-refractivity contribution in [1.82, 2.24) is 10.3 Å². The topological polar surface area (TPSA) is 68.0 Å². The first-order valence-electron chi connectivity index (χ1n) is 6.55. The van der Waals surface area contributed by atoms with Crippen molar-refractivity contribution < 1.29 is 4.79 Å². The molecule has 1 heterocycles. The van der Waals surface area contributed by atoms with Crippen LogP contribution < -0.4 is 11.1 Å². The van der Waals surface area contributed by atoms with Crippen LogP contribution in [-0.2, 0) is 11.2 Å². The minimum absolute atomic E-state index is 0.0825. The van der Waals surface area contributed by atoms with Gasteiger partial charge in [0.05, 0.1) is 10.4 Å². The summed E-state index contributed by atoms with van der Waals surface area (Å²) in [5, 5.41) is 2.91. The third-order valence-electron chi connectivity index (χ3n) is 3.51. The minimum Gasteiger partial charge on any atom is -0.392 e. The molecule has 1 aromatic rings. The van der Waals surface area contributed by atoms with Crippen LogP contribution in [0, 0.1) is 5.41 Å². The van der Waals surface area contributed by atoms with Gasteiger partial charge in [0.25, 0.3) is 0 Å². The van der Waals surface area contributed by atoms with Gasteiger partial charge in [-0.3, -0.25) is 9.78 Å². The first-order valence-corrected chi connectivity index (χ1v) is 6.95. The lowest BCUT2D eigenvalue weighted by atomic mass is 9.81. The first-order chi connectivity index (χ1) is 9.06. The van der Waals surface area contributed by atoms with Crippen LogP contribution in [0.1, 0.15) is 32.4 Å². The van der Waals surface area contributed by atoms with Crippen molar-refractivity contribution in [3.63, 3.8) is 0 Å². The molecule has 0 saturated heterocycles. The molecule has 0 bridgehead atoms. The molecule has 0 saturated carbocycles. The summed E-state index contributed by atoms with van der Waals surface area (Å²) in [4.78, 5) is 16.7. The fraction of sp³-hybridized carbons (Fsp3) is 0.500. The van der Waals surface area contributed by atoms with E-state index in [1.807, 2.05) is 32.0 Å². The molecule has 0 atom stereocenters. The Hall–Kier alpha value is -1.49. The second kappa shape index (κ2) is 7.19. The van der Waals surface area contributed by atoms with Gasteiger partial charge in [0.1, 0.15) is 0 Å². The Morgan fingerprint density at radius 1 is 1.42 bits per heavy atom. The Morgan fingerprint density at radius 3 is 2.58 bits per heavy atom. The quantitative estimate of drug-likeness (QED) is 0.747. The summed E-state index contributed by atoms with van der Waals surface area (Å²) in [6.07, 6.45) is 3.68. The fourth-order valence-electron chi connectivity index (χ4n) is 2.05. The molecule has 0 aliphatic heterocycles. The number of nitrogens with two attached hydrogens (primary N) is 1. The number of carbonyl (C=O) groups excluding carboxylic acids is 1. The Balaban J connectivity index is 2.57. The average Bonchev–Trinajstić information content (AvgIpc) is 2.41. The maximum absolute atomic E-state index is 12.3. The number of amides is 1. The molecular formula is C14H21N3OS. The van der Waals surface area contributed by atoms with Gasteiger partial charge in [-0.1, -0.05) is 32.1 Å². The van der Waals surface area contributed by atoms with E-state index in [1.54, 1.807) is 6.20 Å². The number of nitrogens with one attached hydrogen (secondary N) is 1. The summed E-state index contributed by atoms with van der Waals surface area (Å²) in [6.45, 7) is 4.40. The van der Waals surface area contributed by atoms with E-state index in [9.17, 15) is 4.79 Å². The summed E-state index contributed by atoms with van der Waals surface area (Å²) in [5.41, 5.74) is 5.97. The maximum atomic E-state index is 12.3. The van der Waals surface area contributed by atoms with Crippen molar-refractivity contribution in [2.24, 2.45) is 11.1 Å². The molecule has 4 nitrogen and oxygen atoms in total. The summed E-state index contributed by atoms with van der Waals surface area (Å²) in [5.74, 6) is -0.0825. The van der Waals surface area contributed by atoms with Gasteiger partial charge in [-0.25, -0.2) is 0 Å². The standard InChI is InChI=1S/C14H21N3OS/c1-3-14(4-2,12(15)19)13(18)17-10-8-11-7-5-6-9-16-11/h5-7,9H,3-4,8,10H2,1-2H3,(H2,15,19)(H,17,18). The van der Waals surface area contributed by atoms with E-state index in [-0.39, 0.29) is 10.9 Å². The SMILES string of the molecule is CCC(CC)(C(=O)NCCc1ccccn1)C(N)=S. The second-order valence-electron chi connectivity index (χ2n) is 4.48. The molecule has 3 N–H and O–H groups in total. The number of thiocarbonyl (C=S) groups is 1. The highest BCUT2D eigenvalue weighted by Gasteiger charge is 2.37. The van der Waals surface area contributed by atoms with Crippen LogP contribution in [0.4, 0.5) is 0 Å². The lowest BCUT2D eigenvalue weighted by molar-refractivity contribution is -0.127. The average molecular weight is 279 g/mol. The van der Waals surface area contributed by atoms with Crippen molar-refractivity contribution in [1.29, 1.82) is 0 Å². The highest BCUT2D eigenvalue weighted by molar-refractivity contribution is 7.80. The van der Waals surface area contributed by atoms with E-state index in [0.717, 1.165) is 5.69 Å². The number of aromatic nitrogens is 1. The van der Waals surface area contributed by atoms with Gasteiger partial charge in [-0.2, -0.15) is 0 Å². The van der Waals surface area contributed by atoms with Gasteiger partial charge >= 0.3 is 0 Å². The molecule has 0 unspecified atom stereocenters. The van der Waals surface area contributed by atoms with Crippen LogP contribution in [0.5, 0.6) is 0 Å².